The molecule has 2 amide bonds. The molecule has 2 rings (SSSR count). The van der Waals surface area contributed by atoms with Crippen molar-refractivity contribution in [2.45, 2.75) is 64.4 Å². The van der Waals surface area contributed by atoms with E-state index in [9.17, 15) is 22.8 Å². The van der Waals surface area contributed by atoms with Crippen LogP contribution in [-0.4, -0.2) is 30.3 Å². The Kier molecular flexibility index (Phi) is 7.71. The Morgan fingerprint density at radius 1 is 1.18 bits per heavy atom. The molecule has 1 aliphatic carbocycles. The highest BCUT2D eigenvalue weighted by molar-refractivity contribution is 5.86. The number of hydrogen-bond donors (Lipinski definition) is 2. The van der Waals surface area contributed by atoms with Crippen LogP contribution in [0.25, 0.3) is 0 Å². The third kappa shape index (κ3) is 6.73. The van der Waals surface area contributed by atoms with Crippen molar-refractivity contribution in [3.63, 3.8) is 0 Å². The smallest absolute Gasteiger partial charge is 0.408 e. The first-order valence-electron chi connectivity index (χ1n) is 9.51. The molecule has 1 fully saturated rings. The number of hydrogen-bond acceptors (Lipinski definition) is 3. The van der Waals surface area contributed by atoms with Crippen LogP contribution in [0.2, 0.25) is 0 Å². The summed E-state index contributed by atoms with van der Waals surface area (Å²) in [5.74, 6) is -2.13. The molecule has 1 aliphatic rings. The molecule has 28 heavy (non-hydrogen) atoms. The van der Waals surface area contributed by atoms with Crippen molar-refractivity contribution < 1.29 is 27.5 Å². The van der Waals surface area contributed by atoms with E-state index >= 15 is 0 Å². The number of alkyl halides is 3. The second kappa shape index (κ2) is 9.80. The van der Waals surface area contributed by atoms with Gasteiger partial charge in [0.25, 0.3) is 0 Å². The van der Waals surface area contributed by atoms with E-state index in [0.29, 0.717) is 12.8 Å². The number of carbonyl (C=O) groups excluding carboxylic acids is 2. The number of rotatable bonds is 6. The molecule has 0 aliphatic heterocycles. The summed E-state index contributed by atoms with van der Waals surface area (Å²) >= 11 is 0. The zero-order valence-electron chi connectivity index (χ0n) is 16.1. The lowest BCUT2D eigenvalue weighted by molar-refractivity contribution is -0.184. The third-order valence-corrected chi connectivity index (χ3v) is 4.92. The van der Waals surface area contributed by atoms with Crippen molar-refractivity contribution in [2.24, 2.45) is 11.8 Å². The van der Waals surface area contributed by atoms with Crippen LogP contribution in [0.1, 0.15) is 45.1 Å². The minimum atomic E-state index is -4.25. The fourth-order valence-electron chi connectivity index (χ4n) is 3.34. The summed E-state index contributed by atoms with van der Waals surface area (Å²) in [5, 5.41) is 5.19. The van der Waals surface area contributed by atoms with Crippen LogP contribution >= 0.6 is 0 Å². The molecule has 0 radical (unpaired) electrons. The average Bonchev–Trinajstić information content (AvgIpc) is 2.64. The van der Waals surface area contributed by atoms with Gasteiger partial charge in [-0.25, -0.2) is 4.79 Å². The van der Waals surface area contributed by atoms with Crippen LogP contribution in [0.3, 0.4) is 0 Å². The van der Waals surface area contributed by atoms with E-state index in [1.54, 1.807) is 26.0 Å². The molecular formula is C20H27F3N2O3. The Morgan fingerprint density at radius 3 is 2.46 bits per heavy atom. The van der Waals surface area contributed by atoms with Crippen LogP contribution < -0.4 is 10.6 Å². The maximum Gasteiger partial charge on any atom is 0.408 e. The number of benzene rings is 1. The Balaban J connectivity index is 1.88. The van der Waals surface area contributed by atoms with Gasteiger partial charge < -0.3 is 15.4 Å². The van der Waals surface area contributed by atoms with Gasteiger partial charge in [-0.15, -0.1) is 0 Å². The van der Waals surface area contributed by atoms with Crippen LogP contribution in [0.15, 0.2) is 30.3 Å². The van der Waals surface area contributed by atoms with Gasteiger partial charge in [-0.1, -0.05) is 50.6 Å². The second-order valence-electron chi connectivity index (χ2n) is 7.54. The highest BCUT2D eigenvalue weighted by Gasteiger charge is 2.42. The van der Waals surface area contributed by atoms with Gasteiger partial charge in [0, 0.05) is 6.04 Å². The van der Waals surface area contributed by atoms with Crippen molar-refractivity contribution in [3.05, 3.63) is 35.9 Å². The fourth-order valence-corrected chi connectivity index (χ4v) is 3.34. The molecular weight excluding hydrogens is 373 g/mol. The largest absolute Gasteiger partial charge is 0.445 e. The van der Waals surface area contributed by atoms with Gasteiger partial charge in [0.05, 0.1) is 5.92 Å². The Morgan fingerprint density at radius 2 is 1.86 bits per heavy atom. The number of ether oxygens (including phenoxy) is 1. The van der Waals surface area contributed by atoms with Crippen LogP contribution in [0, 0.1) is 11.8 Å². The number of carbonyl (C=O) groups is 2. The zero-order valence-corrected chi connectivity index (χ0v) is 16.1. The van der Waals surface area contributed by atoms with E-state index in [2.05, 4.69) is 10.6 Å². The Labute approximate surface area is 163 Å². The van der Waals surface area contributed by atoms with E-state index in [0.717, 1.165) is 5.56 Å². The highest BCUT2D eigenvalue weighted by atomic mass is 19.4. The van der Waals surface area contributed by atoms with Gasteiger partial charge in [-0.05, 0) is 30.7 Å². The summed E-state index contributed by atoms with van der Waals surface area (Å²) in [6.07, 6.45) is -4.11. The molecule has 0 spiro atoms. The molecule has 1 saturated carbocycles. The molecule has 0 aromatic heterocycles. The van der Waals surface area contributed by atoms with Gasteiger partial charge in [0.1, 0.15) is 12.6 Å². The molecule has 0 heterocycles. The zero-order chi connectivity index (χ0) is 20.7. The molecule has 0 bridgehead atoms. The Hall–Kier alpha value is -2.25. The lowest BCUT2D eigenvalue weighted by Crippen LogP contribution is -2.53. The van der Waals surface area contributed by atoms with Crippen LogP contribution in [0.5, 0.6) is 0 Å². The van der Waals surface area contributed by atoms with Crippen molar-refractivity contribution in [1.29, 1.82) is 0 Å². The molecule has 3 atom stereocenters. The molecule has 2 unspecified atom stereocenters. The highest BCUT2D eigenvalue weighted by Crippen LogP contribution is 2.37. The SMILES string of the molecule is CC(C)[C@H](NC(=O)OCc1ccccc1)C(=O)NC1CCCC(C(F)(F)F)C1. The van der Waals surface area contributed by atoms with Gasteiger partial charge in [-0.3, -0.25) is 4.79 Å². The lowest BCUT2D eigenvalue weighted by atomic mass is 9.85. The molecule has 5 nitrogen and oxygen atoms in total. The maximum absolute atomic E-state index is 12.9. The average molecular weight is 400 g/mol. The topological polar surface area (TPSA) is 67.4 Å². The lowest BCUT2D eigenvalue weighted by Gasteiger charge is -2.32. The first-order chi connectivity index (χ1) is 13.2. The summed E-state index contributed by atoms with van der Waals surface area (Å²) < 4.78 is 44.0. The van der Waals surface area contributed by atoms with E-state index in [-0.39, 0.29) is 25.4 Å². The standard InChI is InChI=1S/C20H27F3N2O3/c1-13(2)17(25-19(27)28-12-14-7-4-3-5-8-14)18(26)24-16-10-6-9-15(11-16)20(21,22)23/h3-5,7-8,13,15-17H,6,9-12H2,1-2H3,(H,24,26)(H,25,27)/t15?,16?,17-/m0/s1. The molecule has 0 saturated heterocycles. The van der Waals surface area contributed by atoms with Gasteiger partial charge in [0.2, 0.25) is 5.91 Å². The molecule has 1 aromatic rings. The van der Waals surface area contributed by atoms with E-state index in [1.807, 2.05) is 18.2 Å². The summed E-state index contributed by atoms with van der Waals surface area (Å²) in [6.45, 7) is 3.57. The molecule has 2 N–H and O–H groups in total. The van der Waals surface area contributed by atoms with Gasteiger partial charge in [0.15, 0.2) is 0 Å². The van der Waals surface area contributed by atoms with E-state index < -0.39 is 36.2 Å². The number of halogens is 3. The first kappa shape index (κ1) is 22.0. The predicted octanol–water partition coefficient (Wildman–Crippen LogP) is 4.17. The maximum atomic E-state index is 12.9. The van der Waals surface area contributed by atoms with Crippen molar-refractivity contribution >= 4 is 12.0 Å². The van der Waals surface area contributed by atoms with Crippen molar-refractivity contribution in [1.82, 2.24) is 10.6 Å². The van der Waals surface area contributed by atoms with E-state index in [1.165, 1.54) is 0 Å². The third-order valence-electron chi connectivity index (χ3n) is 4.92. The number of alkyl carbamates (subject to hydrolysis) is 1. The summed E-state index contributed by atoms with van der Waals surface area (Å²) in [5.41, 5.74) is 0.809. The summed E-state index contributed by atoms with van der Waals surface area (Å²) in [7, 11) is 0. The minimum Gasteiger partial charge on any atom is -0.445 e. The first-order valence-corrected chi connectivity index (χ1v) is 9.51. The summed E-state index contributed by atoms with van der Waals surface area (Å²) in [4.78, 5) is 24.6. The quantitative estimate of drug-likeness (QED) is 0.753. The fraction of sp³-hybridized carbons (Fsp3) is 0.600. The molecule has 156 valence electrons. The van der Waals surface area contributed by atoms with Crippen LogP contribution in [0.4, 0.5) is 18.0 Å². The van der Waals surface area contributed by atoms with E-state index in [4.69, 9.17) is 4.74 Å². The monoisotopic (exact) mass is 400 g/mol. The van der Waals surface area contributed by atoms with Crippen molar-refractivity contribution in [3.8, 4) is 0 Å². The summed E-state index contributed by atoms with van der Waals surface area (Å²) in [6, 6.07) is 7.67. The van der Waals surface area contributed by atoms with Crippen molar-refractivity contribution in [2.75, 3.05) is 0 Å². The number of amides is 2. The van der Waals surface area contributed by atoms with Crippen LogP contribution in [-0.2, 0) is 16.1 Å². The molecule has 8 heteroatoms. The van der Waals surface area contributed by atoms with Gasteiger partial charge >= 0.3 is 12.3 Å². The van der Waals surface area contributed by atoms with Gasteiger partial charge in [-0.2, -0.15) is 13.2 Å². The minimum absolute atomic E-state index is 0.0645. The number of nitrogens with one attached hydrogen (secondary N) is 2. The molecule has 1 aromatic carbocycles. The predicted molar refractivity (Wildman–Crippen MR) is 98.3 cm³/mol. The normalized spacial score (nSPS) is 21.1. The second-order valence-corrected chi connectivity index (χ2v) is 7.54. The Bertz CT molecular complexity index is 650.